The third-order valence-electron chi connectivity index (χ3n) is 2.70. The van der Waals surface area contributed by atoms with Gasteiger partial charge in [0.1, 0.15) is 10.7 Å². The van der Waals surface area contributed by atoms with Gasteiger partial charge in [-0.1, -0.05) is 18.3 Å². The second-order valence-corrected chi connectivity index (χ2v) is 5.45. The van der Waals surface area contributed by atoms with Crippen molar-refractivity contribution < 1.29 is 0 Å². The average Bonchev–Trinajstić information content (AvgIpc) is 2.29. The number of nitrogens with two attached hydrogens (primary N) is 1. The lowest BCUT2D eigenvalue weighted by Gasteiger charge is -2.24. The van der Waals surface area contributed by atoms with E-state index in [0.29, 0.717) is 11.0 Å². The second kappa shape index (κ2) is 6.93. The zero-order valence-corrected chi connectivity index (χ0v) is 12.1. The van der Waals surface area contributed by atoms with Crippen LogP contribution in [-0.2, 0) is 6.54 Å². The van der Waals surface area contributed by atoms with Crippen molar-refractivity contribution in [2.45, 2.75) is 19.5 Å². The van der Waals surface area contributed by atoms with E-state index < -0.39 is 0 Å². The highest BCUT2D eigenvalue weighted by molar-refractivity contribution is 7.98. The monoisotopic (exact) mass is 269 g/mol. The minimum atomic E-state index is 0.367. The predicted molar refractivity (Wildman–Crippen MR) is 79.4 cm³/mol. The molecule has 1 atom stereocenters. The van der Waals surface area contributed by atoms with Crippen LogP contribution in [0.15, 0.2) is 18.3 Å². The molecule has 0 spiro atoms. The predicted octanol–water partition coefficient (Wildman–Crippen LogP) is 1.90. The molecule has 0 bridgehead atoms. The van der Waals surface area contributed by atoms with Crippen molar-refractivity contribution in [2.24, 2.45) is 5.73 Å². The quantitative estimate of drug-likeness (QED) is 0.799. The van der Waals surface area contributed by atoms with Gasteiger partial charge in [0.2, 0.25) is 0 Å². The molecule has 3 nitrogen and oxygen atoms in total. The topological polar surface area (TPSA) is 42.2 Å². The molecule has 0 amide bonds. The van der Waals surface area contributed by atoms with E-state index in [1.807, 2.05) is 23.9 Å². The molecule has 1 heterocycles. The van der Waals surface area contributed by atoms with E-state index in [-0.39, 0.29) is 0 Å². The van der Waals surface area contributed by atoms with E-state index in [9.17, 15) is 0 Å². The van der Waals surface area contributed by atoms with Crippen LogP contribution in [-0.4, -0.2) is 40.0 Å². The fourth-order valence-electron chi connectivity index (χ4n) is 1.58. The summed E-state index contributed by atoms with van der Waals surface area (Å²) in [6.45, 7) is 3.04. The number of thioether (sulfide) groups is 1. The average molecular weight is 269 g/mol. The molecule has 0 aromatic carbocycles. The Kier molecular flexibility index (Phi) is 5.88. The van der Waals surface area contributed by atoms with Crippen LogP contribution >= 0.6 is 24.0 Å². The molecule has 2 N–H and O–H groups in total. The Morgan fingerprint density at radius 1 is 1.65 bits per heavy atom. The number of nitrogens with zero attached hydrogens (tertiary/aromatic N) is 2. The van der Waals surface area contributed by atoms with Crippen molar-refractivity contribution in [3.05, 3.63) is 29.6 Å². The molecule has 1 aromatic heterocycles. The first kappa shape index (κ1) is 14.4. The summed E-state index contributed by atoms with van der Waals surface area (Å²) in [5.41, 5.74) is 7.51. The Bertz CT molecular complexity index is 382. The van der Waals surface area contributed by atoms with Crippen molar-refractivity contribution in [3.8, 4) is 0 Å². The minimum absolute atomic E-state index is 0.367. The highest BCUT2D eigenvalue weighted by Crippen LogP contribution is 2.12. The molecule has 5 heteroatoms. The summed E-state index contributed by atoms with van der Waals surface area (Å²) < 4.78 is 0. The van der Waals surface area contributed by atoms with Gasteiger partial charge >= 0.3 is 0 Å². The van der Waals surface area contributed by atoms with Crippen LogP contribution < -0.4 is 5.73 Å². The molecule has 0 saturated heterocycles. The molecule has 0 fully saturated rings. The standard InChI is InChI=1S/C12H19N3S2/c1-9(8-17-3)15(2)7-10-5-4-6-14-11(10)12(13)16/h4-6,9H,7-8H2,1-3H3,(H2,13,16). The molecule has 1 rings (SSSR count). The largest absolute Gasteiger partial charge is 0.388 e. The molecule has 0 radical (unpaired) electrons. The van der Waals surface area contributed by atoms with E-state index in [1.165, 1.54) is 0 Å². The molecular formula is C12H19N3S2. The van der Waals surface area contributed by atoms with Gasteiger partial charge in [0, 0.05) is 24.5 Å². The Morgan fingerprint density at radius 2 is 2.35 bits per heavy atom. The van der Waals surface area contributed by atoms with E-state index in [1.54, 1.807) is 6.20 Å². The van der Waals surface area contributed by atoms with Gasteiger partial charge in [-0.25, -0.2) is 0 Å². The van der Waals surface area contributed by atoms with Gasteiger partial charge < -0.3 is 5.73 Å². The Morgan fingerprint density at radius 3 is 2.94 bits per heavy atom. The van der Waals surface area contributed by atoms with Crippen LogP contribution in [0.2, 0.25) is 0 Å². The number of thiocarbonyl (C=S) groups is 1. The highest BCUT2D eigenvalue weighted by atomic mass is 32.2. The van der Waals surface area contributed by atoms with Crippen molar-refractivity contribution in [2.75, 3.05) is 19.1 Å². The molecule has 94 valence electrons. The number of rotatable bonds is 6. The molecule has 17 heavy (non-hydrogen) atoms. The van der Waals surface area contributed by atoms with Crippen LogP contribution in [0.4, 0.5) is 0 Å². The normalized spacial score (nSPS) is 12.7. The van der Waals surface area contributed by atoms with Crippen LogP contribution in [0.3, 0.4) is 0 Å². The minimum Gasteiger partial charge on any atom is -0.388 e. The molecule has 0 aliphatic heterocycles. The summed E-state index contributed by atoms with van der Waals surface area (Å²) in [6, 6.07) is 4.47. The van der Waals surface area contributed by atoms with Crippen molar-refractivity contribution >= 4 is 29.0 Å². The molecule has 0 aliphatic carbocycles. The Balaban J connectivity index is 2.77. The van der Waals surface area contributed by atoms with Gasteiger partial charge in [-0.05, 0) is 31.9 Å². The number of pyridine rings is 1. The maximum atomic E-state index is 5.67. The van der Waals surface area contributed by atoms with Gasteiger partial charge in [-0.15, -0.1) is 0 Å². The van der Waals surface area contributed by atoms with Gasteiger partial charge in [0.25, 0.3) is 0 Å². The van der Waals surface area contributed by atoms with Crippen LogP contribution in [0.25, 0.3) is 0 Å². The lowest BCUT2D eigenvalue weighted by molar-refractivity contribution is 0.269. The SMILES string of the molecule is CSCC(C)N(C)Cc1cccnc1C(N)=S. The van der Waals surface area contributed by atoms with Crippen LogP contribution in [0, 0.1) is 0 Å². The van der Waals surface area contributed by atoms with Gasteiger partial charge in [-0.2, -0.15) is 11.8 Å². The zero-order chi connectivity index (χ0) is 12.8. The fraction of sp³-hybridized carbons (Fsp3) is 0.500. The van der Waals surface area contributed by atoms with E-state index in [0.717, 1.165) is 23.6 Å². The van der Waals surface area contributed by atoms with Crippen LogP contribution in [0.1, 0.15) is 18.2 Å². The first-order valence-electron chi connectivity index (χ1n) is 5.49. The maximum absolute atomic E-state index is 5.67. The van der Waals surface area contributed by atoms with E-state index in [4.69, 9.17) is 18.0 Å². The van der Waals surface area contributed by atoms with E-state index >= 15 is 0 Å². The lowest BCUT2D eigenvalue weighted by atomic mass is 10.1. The molecule has 1 aromatic rings. The first-order valence-corrected chi connectivity index (χ1v) is 7.29. The first-order chi connectivity index (χ1) is 8.06. The van der Waals surface area contributed by atoms with Crippen molar-refractivity contribution in [1.29, 1.82) is 0 Å². The number of aromatic nitrogens is 1. The summed E-state index contributed by atoms with van der Waals surface area (Å²) in [4.78, 5) is 6.89. The molecular weight excluding hydrogens is 250 g/mol. The van der Waals surface area contributed by atoms with Crippen molar-refractivity contribution in [1.82, 2.24) is 9.88 Å². The fourth-order valence-corrected chi connectivity index (χ4v) is 2.50. The van der Waals surface area contributed by atoms with Gasteiger partial charge in [0.05, 0.1) is 0 Å². The summed E-state index contributed by atoms with van der Waals surface area (Å²) in [6.07, 6.45) is 3.85. The molecule has 0 saturated carbocycles. The third-order valence-corrected chi connectivity index (χ3v) is 3.71. The van der Waals surface area contributed by atoms with Gasteiger partial charge in [0.15, 0.2) is 0 Å². The van der Waals surface area contributed by atoms with Gasteiger partial charge in [-0.3, -0.25) is 9.88 Å². The second-order valence-electron chi connectivity index (χ2n) is 4.09. The van der Waals surface area contributed by atoms with E-state index in [2.05, 4.69) is 30.1 Å². The smallest absolute Gasteiger partial charge is 0.123 e. The van der Waals surface area contributed by atoms with Crippen molar-refractivity contribution in [3.63, 3.8) is 0 Å². The van der Waals surface area contributed by atoms with Crippen LogP contribution in [0.5, 0.6) is 0 Å². The maximum Gasteiger partial charge on any atom is 0.123 e. The summed E-state index contributed by atoms with van der Waals surface area (Å²) in [7, 11) is 2.11. The molecule has 1 unspecified atom stereocenters. The third kappa shape index (κ3) is 4.26. The highest BCUT2D eigenvalue weighted by Gasteiger charge is 2.12. The number of hydrogen-bond acceptors (Lipinski definition) is 4. The lowest BCUT2D eigenvalue weighted by Crippen LogP contribution is -2.31. The summed E-state index contributed by atoms with van der Waals surface area (Å²) >= 11 is 6.86. The Labute approximate surface area is 113 Å². The zero-order valence-electron chi connectivity index (χ0n) is 10.5. The Hall–Kier alpha value is -0.650. The molecule has 0 aliphatic rings. The summed E-state index contributed by atoms with van der Waals surface area (Å²) in [5.74, 6) is 1.11. The summed E-state index contributed by atoms with van der Waals surface area (Å²) in [5, 5.41) is 0. The number of hydrogen-bond donors (Lipinski definition) is 1.